The standard InChI is InChI=1S/C12H21N3O4S/c1-4-5-7-13-12(16)6-8-15(20(3,17)18)11-9-10(2)19-14-11/h9H,4-8H2,1-3H3,(H,13,16). The molecule has 0 bridgehead atoms. The molecule has 1 amide bonds. The highest BCUT2D eigenvalue weighted by atomic mass is 32.2. The molecule has 114 valence electrons. The third-order valence-electron chi connectivity index (χ3n) is 2.67. The van der Waals surface area contributed by atoms with E-state index in [1.54, 1.807) is 6.92 Å². The molecule has 0 aliphatic heterocycles. The molecule has 1 aromatic heterocycles. The quantitative estimate of drug-likeness (QED) is 0.725. The summed E-state index contributed by atoms with van der Waals surface area (Å²) in [5, 5.41) is 6.42. The number of anilines is 1. The van der Waals surface area contributed by atoms with E-state index in [1.807, 2.05) is 6.92 Å². The van der Waals surface area contributed by atoms with Gasteiger partial charge in [-0.15, -0.1) is 0 Å². The lowest BCUT2D eigenvalue weighted by molar-refractivity contribution is -0.120. The third-order valence-corrected chi connectivity index (χ3v) is 3.84. The number of aryl methyl sites for hydroxylation is 1. The number of rotatable bonds is 8. The monoisotopic (exact) mass is 303 g/mol. The Hall–Kier alpha value is -1.57. The SMILES string of the molecule is CCCCNC(=O)CCN(c1cc(C)on1)S(C)(=O)=O. The summed E-state index contributed by atoms with van der Waals surface area (Å²) in [6, 6.07) is 1.52. The first kappa shape index (κ1) is 16.5. The molecule has 8 heteroatoms. The van der Waals surface area contributed by atoms with Crippen LogP contribution in [0.25, 0.3) is 0 Å². The summed E-state index contributed by atoms with van der Waals surface area (Å²) >= 11 is 0. The van der Waals surface area contributed by atoms with Crippen LogP contribution in [-0.4, -0.2) is 38.8 Å². The summed E-state index contributed by atoms with van der Waals surface area (Å²) in [6.07, 6.45) is 3.06. The summed E-state index contributed by atoms with van der Waals surface area (Å²) in [4.78, 5) is 11.6. The number of carbonyl (C=O) groups excluding carboxylic acids is 1. The van der Waals surface area contributed by atoms with E-state index in [0.29, 0.717) is 12.3 Å². The van der Waals surface area contributed by atoms with Crippen molar-refractivity contribution in [2.45, 2.75) is 33.1 Å². The van der Waals surface area contributed by atoms with Crippen molar-refractivity contribution in [1.29, 1.82) is 0 Å². The lowest BCUT2D eigenvalue weighted by atomic mass is 10.3. The van der Waals surface area contributed by atoms with E-state index in [-0.39, 0.29) is 24.7 Å². The van der Waals surface area contributed by atoms with E-state index < -0.39 is 10.0 Å². The van der Waals surface area contributed by atoms with E-state index >= 15 is 0 Å². The van der Waals surface area contributed by atoms with E-state index in [9.17, 15) is 13.2 Å². The number of carbonyl (C=O) groups is 1. The van der Waals surface area contributed by atoms with Gasteiger partial charge in [-0.05, 0) is 13.3 Å². The Morgan fingerprint density at radius 3 is 2.70 bits per heavy atom. The lowest BCUT2D eigenvalue weighted by Crippen LogP contribution is -2.35. The molecule has 0 unspecified atom stereocenters. The van der Waals surface area contributed by atoms with Crippen LogP contribution >= 0.6 is 0 Å². The van der Waals surface area contributed by atoms with Crippen molar-refractivity contribution in [1.82, 2.24) is 10.5 Å². The van der Waals surface area contributed by atoms with Crippen molar-refractivity contribution >= 4 is 21.7 Å². The Balaban J connectivity index is 2.62. The van der Waals surface area contributed by atoms with Crippen LogP contribution < -0.4 is 9.62 Å². The van der Waals surface area contributed by atoms with Gasteiger partial charge in [0.2, 0.25) is 15.9 Å². The number of nitrogens with zero attached hydrogens (tertiary/aromatic N) is 2. The number of unbranched alkanes of at least 4 members (excludes halogenated alkanes) is 1. The summed E-state index contributed by atoms with van der Waals surface area (Å²) in [6.45, 7) is 4.36. The molecule has 0 saturated heterocycles. The van der Waals surface area contributed by atoms with Crippen LogP contribution in [0, 0.1) is 6.92 Å². The number of sulfonamides is 1. The Bertz CT molecular complexity index is 539. The van der Waals surface area contributed by atoms with Gasteiger partial charge in [-0.1, -0.05) is 18.5 Å². The highest BCUT2D eigenvalue weighted by molar-refractivity contribution is 7.92. The molecule has 0 fully saturated rings. The fraction of sp³-hybridized carbons (Fsp3) is 0.667. The number of aromatic nitrogens is 1. The first-order valence-electron chi connectivity index (χ1n) is 6.52. The molecule has 1 aromatic rings. The van der Waals surface area contributed by atoms with Crippen LogP contribution in [-0.2, 0) is 14.8 Å². The molecule has 0 radical (unpaired) electrons. The van der Waals surface area contributed by atoms with Crippen molar-refractivity contribution in [3.8, 4) is 0 Å². The smallest absolute Gasteiger partial charge is 0.233 e. The molecular weight excluding hydrogens is 282 g/mol. The molecule has 1 heterocycles. The molecule has 7 nitrogen and oxygen atoms in total. The van der Waals surface area contributed by atoms with E-state index in [4.69, 9.17) is 4.52 Å². The number of amides is 1. The van der Waals surface area contributed by atoms with Gasteiger partial charge < -0.3 is 9.84 Å². The molecule has 0 saturated carbocycles. The Kier molecular flexibility index (Phi) is 6.00. The minimum Gasteiger partial charge on any atom is -0.360 e. The largest absolute Gasteiger partial charge is 0.360 e. The van der Waals surface area contributed by atoms with Crippen LogP contribution in [0.5, 0.6) is 0 Å². The van der Waals surface area contributed by atoms with Crippen LogP contribution in [0.15, 0.2) is 10.6 Å². The second kappa shape index (κ2) is 7.28. The van der Waals surface area contributed by atoms with Gasteiger partial charge in [0, 0.05) is 25.6 Å². The fourth-order valence-corrected chi connectivity index (χ4v) is 2.47. The van der Waals surface area contributed by atoms with Gasteiger partial charge in [0.15, 0.2) is 5.82 Å². The van der Waals surface area contributed by atoms with Crippen molar-refractivity contribution < 1.29 is 17.7 Å². The molecule has 20 heavy (non-hydrogen) atoms. The number of hydrogen-bond donors (Lipinski definition) is 1. The zero-order valence-electron chi connectivity index (χ0n) is 12.0. The second-order valence-corrected chi connectivity index (χ2v) is 6.49. The molecule has 0 aromatic carbocycles. The molecule has 0 aliphatic carbocycles. The van der Waals surface area contributed by atoms with Gasteiger partial charge in [0.05, 0.1) is 6.26 Å². The van der Waals surface area contributed by atoms with Gasteiger partial charge >= 0.3 is 0 Å². The van der Waals surface area contributed by atoms with Crippen molar-refractivity contribution in [3.05, 3.63) is 11.8 Å². The average molecular weight is 303 g/mol. The maximum Gasteiger partial charge on any atom is 0.233 e. The molecule has 1 rings (SSSR count). The van der Waals surface area contributed by atoms with E-state index in [2.05, 4.69) is 10.5 Å². The van der Waals surface area contributed by atoms with Gasteiger partial charge in [0.1, 0.15) is 5.76 Å². The molecule has 0 atom stereocenters. The summed E-state index contributed by atoms with van der Waals surface area (Å²) < 4.78 is 29.4. The maximum atomic E-state index is 11.7. The summed E-state index contributed by atoms with van der Waals surface area (Å²) in [7, 11) is -3.49. The van der Waals surface area contributed by atoms with Crippen LogP contribution in [0.3, 0.4) is 0 Å². The third kappa shape index (κ3) is 5.20. The number of hydrogen-bond acceptors (Lipinski definition) is 5. The van der Waals surface area contributed by atoms with Crippen LogP contribution in [0.1, 0.15) is 31.9 Å². The fourth-order valence-electron chi connectivity index (χ4n) is 1.62. The van der Waals surface area contributed by atoms with Gasteiger partial charge in [-0.2, -0.15) is 0 Å². The van der Waals surface area contributed by atoms with E-state index in [1.165, 1.54) is 6.07 Å². The second-order valence-electron chi connectivity index (χ2n) is 4.58. The minimum absolute atomic E-state index is 0.0444. The normalized spacial score (nSPS) is 11.3. The maximum absolute atomic E-state index is 11.7. The van der Waals surface area contributed by atoms with Crippen molar-refractivity contribution in [2.24, 2.45) is 0 Å². The van der Waals surface area contributed by atoms with Gasteiger partial charge in [-0.25, -0.2) is 8.42 Å². The zero-order valence-corrected chi connectivity index (χ0v) is 12.9. The minimum atomic E-state index is -3.49. The Morgan fingerprint density at radius 2 is 2.20 bits per heavy atom. The van der Waals surface area contributed by atoms with Crippen molar-refractivity contribution in [2.75, 3.05) is 23.7 Å². The molecule has 1 N–H and O–H groups in total. The topological polar surface area (TPSA) is 92.5 Å². The molecule has 0 aliphatic rings. The highest BCUT2D eigenvalue weighted by Gasteiger charge is 2.21. The Morgan fingerprint density at radius 1 is 1.50 bits per heavy atom. The lowest BCUT2D eigenvalue weighted by Gasteiger charge is -2.18. The summed E-state index contributed by atoms with van der Waals surface area (Å²) in [5.74, 6) is 0.541. The van der Waals surface area contributed by atoms with Crippen LogP contribution in [0.2, 0.25) is 0 Å². The molecule has 0 spiro atoms. The Labute approximate surface area is 119 Å². The van der Waals surface area contributed by atoms with E-state index in [0.717, 1.165) is 23.4 Å². The predicted molar refractivity (Wildman–Crippen MR) is 76.0 cm³/mol. The van der Waals surface area contributed by atoms with Gasteiger partial charge in [-0.3, -0.25) is 9.10 Å². The average Bonchev–Trinajstić information content (AvgIpc) is 2.74. The van der Waals surface area contributed by atoms with Crippen molar-refractivity contribution in [3.63, 3.8) is 0 Å². The first-order chi connectivity index (χ1) is 9.34. The predicted octanol–water partition coefficient (Wildman–Crippen LogP) is 1.06. The zero-order chi connectivity index (χ0) is 15.2. The first-order valence-corrected chi connectivity index (χ1v) is 8.37. The molecular formula is C12H21N3O4S. The number of nitrogens with one attached hydrogen (secondary N) is 1. The van der Waals surface area contributed by atoms with Gasteiger partial charge in [0.25, 0.3) is 0 Å². The summed E-state index contributed by atoms with van der Waals surface area (Å²) in [5.41, 5.74) is 0. The highest BCUT2D eigenvalue weighted by Crippen LogP contribution is 2.17. The van der Waals surface area contributed by atoms with Crippen LogP contribution in [0.4, 0.5) is 5.82 Å².